The van der Waals surface area contributed by atoms with Crippen LogP contribution in [0.1, 0.15) is 32.1 Å². The summed E-state index contributed by atoms with van der Waals surface area (Å²) < 4.78 is 27.5. The molecule has 164 valence electrons. The summed E-state index contributed by atoms with van der Waals surface area (Å²) in [5, 5.41) is 2.64. The first-order valence-electron chi connectivity index (χ1n) is 10.3. The van der Waals surface area contributed by atoms with Crippen LogP contribution in [0.3, 0.4) is 0 Å². The van der Waals surface area contributed by atoms with Gasteiger partial charge >= 0.3 is 0 Å². The maximum absolute atomic E-state index is 12.5. The van der Waals surface area contributed by atoms with Gasteiger partial charge in [-0.15, -0.1) is 0 Å². The topological polar surface area (TPSA) is 125 Å². The van der Waals surface area contributed by atoms with E-state index < -0.39 is 15.9 Å². The van der Waals surface area contributed by atoms with Crippen LogP contribution < -0.4 is 10.0 Å². The van der Waals surface area contributed by atoms with E-state index in [0.29, 0.717) is 37.3 Å². The summed E-state index contributed by atoms with van der Waals surface area (Å²) >= 11 is 0. The zero-order valence-corrected chi connectivity index (χ0v) is 17.7. The maximum atomic E-state index is 12.5. The van der Waals surface area contributed by atoms with Crippen LogP contribution in [0, 0.1) is 11.8 Å². The molecule has 1 fully saturated rings. The van der Waals surface area contributed by atoms with Gasteiger partial charge in [-0.3, -0.25) is 29.0 Å². The highest BCUT2D eigenvalue weighted by Gasteiger charge is 2.46. The molecule has 9 nitrogen and oxygen atoms in total. The number of hydrogen-bond acceptors (Lipinski definition) is 6. The highest BCUT2D eigenvalue weighted by molar-refractivity contribution is 7.90. The zero-order chi connectivity index (χ0) is 22.0. The van der Waals surface area contributed by atoms with Crippen LogP contribution in [0.15, 0.2) is 46.3 Å². The number of fused-ring (bicyclic) bond motifs is 1. The lowest BCUT2D eigenvalue weighted by atomic mass is 9.85. The third kappa shape index (κ3) is 4.53. The maximum Gasteiger partial charge on any atom is 0.262 e. The summed E-state index contributed by atoms with van der Waals surface area (Å²) in [6.45, 7) is 0.615. The number of imide groups is 1. The van der Waals surface area contributed by atoms with Crippen molar-refractivity contribution in [3.8, 4) is 0 Å². The van der Waals surface area contributed by atoms with Crippen LogP contribution in [0.25, 0.3) is 0 Å². The lowest BCUT2D eigenvalue weighted by Crippen LogP contribution is -2.34. The van der Waals surface area contributed by atoms with Gasteiger partial charge < -0.3 is 5.32 Å². The van der Waals surface area contributed by atoms with E-state index in [0.717, 1.165) is 6.42 Å². The monoisotopic (exact) mass is 444 g/mol. The third-order valence-corrected chi connectivity index (χ3v) is 7.09. The Morgan fingerprint density at radius 1 is 1.13 bits per heavy atom. The number of benzene rings is 1. The molecule has 3 amide bonds. The first-order valence-corrected chi connectivity index (χ1v) is 11.8. The number of anilines is 1. The second-order valence-corrected chi connectivity index (χ2v) is 9.53. The van der Waals surface area contributed by atoms with E-state index in [1.54, 1.807) is 6.07 Å². The van der Waals surface area contributed by atoms with Crippen molar-refractivity contribution in [3.05, 3.63) is 36.4 Å². The summed E-state index contributed by atoms with van der Waals surface area (Å²) in [6.07, 6.45) is 6.28. The van der Waals surface area contributed by atoms with E-state index in [2.05, 4.69) is 15.0 Å². The van der Waals surface area contributed by atoms with Crippen LogP contribution in [-0.4, -0.2) is 50.0 Å². The molecule has 2 N–H and O–H groups in total. The first-order chi connectivity index (χ1) is 14.8. The Labute approximate surface area is 180 Å². The first kappa shape index (κ1) is 21.2. The average molecular weight is 445 g/mol. The van der Waals surface area contributed by atoms with Crippen molar-refractivity contribution in [1.82, 2.24) is 9.62 Å². The summed E-state index contributed by atoms with van der Waals surface area (Å²) in [7, 11) is -3.79. The number of carbonyl (C=O) groups excluding carboxylic acids is 3. The zero-order valence-electron chi connectivity index (χ0n) is 16.9. The number of allylic oxidation sites excluding steroid dienone is 2. The third-order valence-electron chi connectivity index (χ3n) is 5.72. The molecule has 1 saturated heterocycles. The molecule has 0 aromatic heterocycles. The van der Waals surface area contributed by atoms with Crippen LogP contribution in [-0.2, 0) is 24.4 Å². The number of rotatable bonds is 6. The molecule has 0 radical (unpaired) electrons. The fraction of sp³-hybridized carbons (Fsp3) is 0.429. The largest absolute Gasteiger partial charge is 0.326 e. The van der Waals surface area contributed by atoms with Gasteiger partial charge in [0.2, 0.25) is 17.7 Å². The fourth-order valence-electron chi connectivity index (χ4n) is 4.10. The number of sulfonamides is 1. The molecule has 0 saturated carbocycles. The molecule has 10 heteroatoms. The molecule has 0 bridgehead atoms. The Morgan fingerprint density at radius 2 is 1.84 bits per heavy atom. The van der Waals surface area contributed by atoms with Crippen molar-refractivity contribution in [2.24, 2.45) is 16.8 Å². The molecule has 2 atom stereocenters. The lowest BCUT2D eigenvalue weighted by Gasteiger charge is -2.14. The Hall–Kier alpha value is -3.01. The van der Waals surface area contributed by atoms with Crippen LogP contribution in [0.2, 0.25) is 0 Å². The van der Waals surface area contributed by atoms with Crippen molar-refractivity contribution < 1.29 is 22.8 Å². The Kier molecular flexibility index (Phi) is 5.90. The number of carbonyl (C=O) groups is 3. The van der Waals surface area contributed by atoms with Gasteiger partial charge in [0.25, 0.3) is 10.0 Å². The number of hydrogen-bond donors (Lipinski definition) is 2. The van der Waals surface area contributed by atoms with Gasteiger partial charge in [0, 0.05) is 31.6 Å². The fourth-order valence-corrected chi connectivity index (χ4v) is 5.24. The summed E-state index contributed by atoms with van der Waals surface area (Å²) in [5.74, 6) is -1.05. The smallest absolute Gasteiger partial charge is 0.262 e. The van der Waals surface area contributed by atoms with Gasteiger partial charge in [0.1, 0.15) is 5.84 Å². The average Bonchev–Trinajstić information content (AvgIpc) is 3.33. The molecule has 1 aromatic carbocycles. The van der Waals surface area contributed by atoms with E-state index in [4.69, 9.17) is 0 Å². The molecule has 1 aromatic rings. The molecule has 31 heavy (non-hydrogen) atoms. The van der Waals surface area contributed by atoms with Gasteiger partial charge in [-0.25, -0.2) is 8.42 Å². The molecule has 3 aliphatic rings. The van der Waals surface area contributed by atoms with Crippen molar-refractivity contribution in [2.75, 3.05) is 18.4 Å². The van der Waals surface area contributed by atoms with Gasteiger partial charge in [0.15, 0.2) is 0 Å². The number of nitrogens with one attached hydrogen (secondary N) is 2. The van der Waals surface area contributed by atoms with Gasteiger partial charge in [-0.05, 0) is 37.5 Å². The highest BCUT2D eigenvalue weighted by atomic mass is 32.2. The van der Waals surface area contributed by atoms with E-state index in [1.165, 1.54) is 23.1 Å². The van der Waals surface area contributed by atoms with E-state index in [1.807, 2.05) is 12.2 Å². The minimum Gasteiger partial charge on any atom is -0.326 e. The number of likely N-dealkylation sites (tertiary alicyclic amines) is 1. The molecule has 2 aliphatic heterocycles. The molecular formula is C21H24N4O5S. The van der Waals surface area contributed by atoms with Crippen molar-refractivity contribution in [1.29, 1.82) is 0 Å². The normalized spacial score (nSPS) is 23.0. The standard InChI is InChI=1S/C21H24N4O5S/c26-19(10-12-25-20(27)16-7-1-2-8-17(16)21(25)28)23-14-5-3-6-15(13-14)31(29,30)24-18-9-4-11-22-18/h1-3,5-6,13,16-17H,4,7-12H2,(H,22,24)(H,23,26)/t16-,17-/m1/s1. The van der Waals surface area contributed by atoms with Crippen LogP contribution in [0.5, 0.6) is 0 Å². The van der Waals surface area contributed by atoms with E-state index >= 15 is 0 Å². The lowest BCUT2D eigenvalue weighted by molar-refractivity contribution is -0.140. The summed E-state index contributed by atoms with van der Waals surface area (Å²) in [4.78, 5) is 42.6. The Morgan fingerprint density at radius 3 is 2.48 bits per heavy atom. The van der Waals surface area contributed by atoms with Gasteiger partial charge in [0.05, 0.1) is 16.7 Å². The minimum atomic E-state index is -3.79. The van der Waals surface area contributed by atoms with Gasteiger partial charge in [-0.2, -0.15) is 0 Å². The molecule has 1 aliphatic carbocycles. The number of amidine groups is 1. The molecule has 0 spiro atoms. The van der Waals surface area contributed by atoms with Crippen molar-refractivity contribution in [2.45, 2.75) is 37.0 Å². The van der Waals surface area contributed by atoms with Crippen molar-refractivity contribution in [3.63, 3.8) is 0 Å². The SMILES string of the molecule is O=C(CCN1C(=O)[C@@H]2CC=CC[C@H]2C1=O)Nc1cccc(S(=O)(=O)NC2=NCCC2)c1. The second-order valence-electron chi connectivity index (χ2n) is 7.85. The molecule has 4 rings (SSSR count). The minimum absolute atomic E-state index is 0.00979. The second kappa shape index (κ2) is 8.62. The predicted octanol–water partition coefficient (Wildman–Crippen LogP) is 1.44. The van der Waals surface area contributed by atoms with Crippen molar-refractivity contribution >= 4 is 39.3 Å². The number of nitrogens with zero attached hydrogens (tertiary/aromatic N) is 2. The number of aliphatic imine (C=N–C) groups is 1. The molecule has 0 unspecified atom stereocenters. The van der Waals surface area contributed by atoms with E-state index in [-0.39, 0.29) is 41.5 Å². The summed E-state index contributed by atoms with van der Waals surface area (Å²) in [5.41, 5.74) is 0.318. The van der Waals surface area contributed by atoms with Crippen LogP contribution >= 0.6 is 0 Å². The predicted molar refractivity (Wildman–Crippen MR) is 114 cm³/mol. The quantitative estimate of drug-likeness (QED) is 0.507. The van der Waals surface area contributed by atoms with Gasteiger partial charge in [-0.1, -0.05) is 18.2 Å². The van der Waals surface area contributed by atoms with E-state index in [9.17, 15) is 22.8 Å². The summed E-state index contributed by atoms with van der Waals surface area (Å²) in [6, 6.07) is 5.91. The number of amides is 3. The van der Waals surface area contributed by atoms with Crippen LogP contribution in [0.4, 0.5) is 5.69 Å². The highest BCUT2D eigenvalue weighted by Crippen LogP contribution is 2.35. The Bertz CT molecular complexity index is 1050. The molecule has 2 heterocycles. The Balaban J connectivity index is 1.35. The molecular weight excluding hydrogens is 420 g/mol.